The topological polar surface area (TPSA) is 96.0 Å². The smallest absolute Gasteiger partial charge is 0.475 e. The van der Waals surface area contributed by atoms with Gasteiger partial charge < -0.3 is 14.6 Å². The van der Waals surface area contributed by atoms with E-state index in [2.05, 4.69) is 51.2 Å². The first-order valence-corrected chi connectivity index (χ1v) is 11.8. The highest BCUT2D eigenvalue weighted by atomic mass is 32.1. The monoisotopic (exact) mass is 520 g/mol. The summed E-state index contributed by atoms with van der Waals surface area (Å²) >= 11 is 1.68. The van der Waals surface area contributed by atoms with E-state index in [1.165, 1.54) is 5.56 Å². The van der Waals surface area contributed by atoms with Crippen molar-refractivity contribution in [3.63, 3.8) is 0 Å². The van der Waals surface area contributed by atoms with Gasteiger partial charge in [-0.25, -0.2) is 9.31 Å². The normalized spacial score (nSPS) is 16.6. The van der Waals surface area contributed by atoms with Gasteiger partial charge in [0.1, 0.15) is 11.4 Å². The lowest BCUT2D eigenvalue weighted by Crippen LogP contribution is -2.49. The number of piperazine rings is 1. The number of carbonyl (C=O) groups excluding carboxylic acids is 1. The number of fused-ring (bicyclic) bond motifs is 1. The number of carboxylic acid groups (broad SMARTS) is 1. The number of aryl methyl sites for hydroxylation is 1. The molecule has 4 aromatic rings. The van der Waals surface area contributed by atoms with E-state index in [-0.39, 0.29) is 11.9 Å². The van der Waals surface area contributed by atoms with Gasteiger partial charge in [-0.2, -0.15) is 24.5 Å². The molecule has 1 amide bonds. The van der Waals surface area contributed by atoms with Crippen molar-refractivity contribution in [1.29, 1.82) is 0 Å². The van der Waals surface area contributed by atoms with Crippen LogP contribution in [0.5, 0.6) is 0 Å². The van der Waals surface area contributed by atoms with Gasteiger partial charge in [0.2, 0.25) is 0 Å². The predicted octanol–water partition coefficient (Wildman–Crippen LogP) is 3.56. The number of halogens is 3. The van der Waals surface area contributed by atoms with E-state index in [0.717, 1.165) is 23.3 Å². The molecule has 36 heavy (non-hydrogen) atoms. The van der Waals surface area contributed by atoms with Crippen molar-refractivity contribution < 1.29 is 27.9 Å². The number of rotatable bonds is 3. The first-order valence-electron chi connectivity index (χ1n) is 10.8. The second kappa shape index (κ2) is 10.1. The molecule has 0 radical (unpaired) electrons. The van der Waals surface area contributed by atoms with Crippen molar-refractivity contribution in [2.24, 2.45) is 7.05 Å². The summed E-state index contributed by atoms with van der Waals surface area (Å²) in [7, 11) is 3.98. The molecule has 1 unspecified atom stereocenters. The second-order valence-electron chi connectivity index (χ2n) is 8.29. The standard InChI is InChI=1S/C21H22N6OS.C2HF3O2/c1-24-8-3-4-18(24)21(28)26-10-9-25(2)19(13-26)20-17-6-5-15(12-27(17)23-22-20)16-7-11-29-14-16;3-2(4,5)1(6)7/h3-8,11-12,14,19H,9-10,13H2,1-2H3;(H,6,7). The van der Waals surface area contributed by atoms with Crippen LogP contribution in [0.4, 0.5) is 13.2 Å². The molecule has 9 nitrogen and oxygen atoms in total. The molecule has 0 aromatic carbocycles. The van der Waals surface area contributed by atoms with Gasteiger partial charge in [-0.1, -0.05) is 11.3 Å². The zero-order valence-electron chi connectivity index (χ0n) is 19.4. The number of thiophene rings is 1. The summed E-state index contributed by atoms with van der Waals surface area (Å²) < 4.78 is 35.4. The van der Waals surface area contributed by atoms with Gasteiger partial charge >= 0.3 is 12.1 Å². The molecule has 1 N–H and O–H groups in total. The van der Waals surface area contributed by atoms with Crippen LogP contribution in [0.1, 0.15) is 22.2 Å². The Balaban J connectivity index is 0.000000384. The Bertz CT molecular complexity index is 1370. The van der Waals surface area contributed by atoms with Crippen LogP contribution in [0.3, 0.4) is 0 Å². The van der Waals surface area contributed by atoms with Gasteiger partial charge in [-0.15, -0.1) is 5.10 Å². The molecule has 5 heterocycles. The molecular weight excluding hydrogens is 497 g/mol. The molecule has 0 spiro atoms. The Labute approximate surface area is 208 Å². The summed E-state index contributed by atoms with van der Waals surface area (Å²) in [5, 5.41) is 20.2. The number of carbonyl (C=O) groups is 2. The molecule has 4 aromatic heterocycles. The van der Waals surface area contributed by atoms with E-state index in [0.29, 0.717) is 18.8 Å². The van der Waals surface area contributed by atoms with Crippen molar-refractivity contribution in [2.75, 3.05) is 26.7 Å². The maximum atomic E-state index is 13.0. The first kappa shape index (κ1) is 25.4. The number of aliphatic carboxylic acids is 1. The summed E-state index contributed by atoms with van der Waals surface area (Å²) in [4.78, 5) is 26.1. The summed E-state index contributed by atoms with van der Waals surface area (Å²) in [6, 6.07) is 10.1. The third-order valence-corrected chi connectivity index (χ3v) is 6.63. The number of alkyl halides is 3. The molecule has 1 aliphatic rings. The van der Waals surface area contributed by atoms with Gasteiger partial charge in [0.25, 0.3) is 5.91 Å². The zero-order chi connectivity index (χ0) is 26.0. The molecule has 0 bridgehead atoms. The summed E-state index contributed by atoms with van der Waals surface area (Å²) in [6.45, 7) is 2.10. The highest BCUT2D eigenvalue weighted by Gasteiger charge is 2.38. The molecule has 5 rings (SSSR count). The molecule has 1 atom stereocenters. The highest BCUT2D eigenvalue weighted by Crippen LogP contribution is 2.29. The van der Waals surface area contributed by atoms with Crippen molar-refractivity contribution in [3.8, 4) is 11.1 Å². The maximum Gasteiger partial charge on any atom is 0.490 e. The van der Waals surface area contributed by atoms with Crippen LogP contribution in [0.25, 0.3) is 16.6 Å². The van der Waals surface area contributed by atoms with Crippen LogP contribution >= 0.6 is 11.3 Å². The first-order chi connectivity index (χ1) is 17.1. The average molecular weight is 521 g/mol. The van der Waals surface area contributed by atoms with Crippen LogP contribution in [-0.2, 0) is 11.8 Å². The summed E-state index contributed by atoms with van der Waals surface area (Å²) in [6.07, 6.45) is -1.16. The molecule has 0 aliphatic carbocycles. The predicted molar refractivity (Wildman–Crippen MR) is 127 cm³/mol. The van der Waals surface area contributed by atoms with Crippen LogP contribution < -0.4 is 0 Å². The van der Waals surface area contributed by atoms with Crippen molar-refractivity contribution >= 4 is 28.7 Å². The lowest BCUT2D eigenvalue weighted by atomic mass is 10.1. The van der Waals surface area contributed by atoms with Crippen LogP contribution in [0, 0.1) is 0 Å². The van der Waals surface area contributed by atoms with Crippen LogP contribution in [0.2, 0.25) is 0 Å². The SMILES string of the molecule is CN1CCN(C(=O)c2cccn2C)CC1c1nnn2cc(-c3ccsc3)ccc12.O=C(O)C(F)(F)F. The molecule has 1 fully saturated rings. The molecule has 13 heteroatoms. The Hall–Kier alpha value is -3.71. The number of nitrogens with zero attached hydrogens (tertiary/aromatic N) is 6. The molecule has 1 saturated heterocycles. The number of carboxylic acids is 1. The third kappa shape index (κ3) is 5.26. The number of hydrogen-bond donors (Lipinski definition) is 1. The van der Waals surface area contributed by atoms with E-state index in [9.17, 15) is 18.0 Å². The van der Waals surface area contributed by atoms with Gasteiger partial charge in [0.15, 0.2) is 0 Å². The number of amides is 1. The Morgan fingerprint density at radius 2 is 1.86 bits per heavy atom. The molecular formula is C23H23F3N6O3S. The van der Waals surface area contributed by atoms with E-state index >= 15 is 0 Å². The Morgan fingerprint density at radius 1 is 1.11 bits per heavy atom. The van der Waals surface area contributed by atoms with E-state index in [1.807, 2.05) is 45.6 Å². The number of hydrogen-bond acceptors (Lipinski definition) is 6. The van der Waals surface area contributed by atoms with E-state index < -0.39 is 12.1 Å². The lowest BCUT2D eigenvalue weighted by Gasteiger charge is -2.38. The zero-order valence-corrected chi connectivity index (χ0v) is 20.2. The van der Waals surface area contributed by atoms with Gasteiger partial charge in [-0.3, -0.25) is 9.69 Å². The van der Waals surface area contributed by atoms with Gasteiger partial charge in [0, 0.05) is 44.6 Å². The maximum absolute atomic E-state index is 13.0. The van der Waals surface area contributed by atoms with Crippen molar-refractivity contribution in [1.82, 2.24) is 29.2 Å². The Kier molecular flexibility index (Phi) is 7.13. The largest absolute Gasteiger partial charge is 0.490 e. The summed E-state index contributed by atoms with van der Waals surface area (Å²) in [5.74, 6) is -2.70. The second-order valence-corrected chi connectivity index (χ2v) is 9.07. The average Bonchev–Trinajstić information content (AvgIpc) is 3.59. The highest BCUT2D eigenvalue weighted by molar-refractivity contribution is 7.08. The minimum absolute atomic E-state index is 0.0115. The Morgan fingerprint density at radius 3 is 2.47 bits per heavy atom. The number of aromatic nitrogens is 4. The quantitative estimate of drug-likeness (QED) is 0.444. The third-order valence-electron chi connectivity index (χ3n) is 5.95. The molecule has 1 aliphatic heterocycles. The fraction of sp³-hybridized carbons (Fsp3) is 0.304. The van der Waals surface area contributed by atoms with Crippen molar-refractivity contribution in [2.45, 2.75) is 12.2 Å². The molecule has 0 saturated carbocycles. The van der Waals surface area contributed by atoms with E-state index in [1.54, 1.807) is 11.3 Å². The fourth-order valence-corrected chi connectivity index (χ4v) is 4.61. The van der Waals surface area contributed by atoms with Crippen LogP contribution in [-0.4, -0.2) is 79.0 Å². The number of likely N-dealkylation sites (N-methyl/N-ethyl adjacent to an activating group) is 1. The van der Waals surface area contributed by atoms with Gasteiger partial charge in [0.05, 0.1) is 11.6 Å². The lowest BCUT2D eigenvalue weighted by molar-refractivity contribution is -0.192. The number of pyridine rings is 1. The summed E-state index contributed by atoms with van der Waals surface area (Å²) in [5.41, 5.74) is 4.90. The fourth-order valence-electron chi connectivity index (χ4n) is 3.95. The molecule has 190 valence electrons. The van der Waals surface area contributed by atoms with Crippen LogP contribution in [0.15, 0.2) is 53.5 Å². The van der Waals surface area contributed by atoms with Gasteiger partial charge in [-0.05, 0) is 47.6 Å². The van der Waals surface area contributed by atoms with Crippen molar-refractivity contribution in [3.05, 3.63) is 64.9 Å². The minimum atomic E-state index is -5.08. The van der Waals surface area contributed by atoms with E-state index in [4.69, 9.17) is 9.90 Å². The minimum Gasteiger partial charge on any atom is -0.475 e.